The van der Waals surface area contributed by atoms with E-state index in [4.69, 9.17) is 0 Å². The van der Waals surface area contributed by atoms with Gasteiger partial charge in [0, 0.05) is 6.61 Å². The minimum absolute atomic E-state index is 0.331. The Balaban J connectivity index is 2.37. The van der Waals surface area contributed by atoms with Crippen LogP contribution in [0.4, 0.5) is 0 Å². The van der Waals surface area contributed by atoms with Crippen LogP contribution >= 0.6 is 0 Å². The molecule has 17 heavy (non-hydrogen) atoms. The summed E-state index contributed by atoms with van der Waals surface area (Å²) in [4.78, 5) is 0. The van der Waals surface area contributed by atoms with E-state index in [1.165, 1.54) is 25.7 Å². The zero-order chi connectivity index (χ0) is 12.7. The van der Waals surface area contributed by atoms with Crippen molar-refractivity contribution in [2.24, 2.45) is 22.7 Å². The van der Waals surface area contributed by atoms with Crippen LogP contribution < -0.4 is 0 Å². The van der Waals surface area contributed by atoms with Gasteiger partial charge in [-0.3, -0.25) is 0 Å². The van der Waals surface area contributed by atoms with Gasteiger partial charge in [0.15, 0.2) is 0 Å². The zero-order valence-electron chi connectivity index (χ0n) is 11.9. The van der Waals surface area contributed by atoms with Crippen molar-refractivity contribution in [2.45, 2.75) is 59.8 Å². The van der Waals surface area contributed by atoms with E-state index in [1.54, 1.807) is 5.57 Å². The second kappa shape index (κ2) is 4.42. The van der Waals surface area contributed by atoms with Gasteiger partial charge in [-0.2, -0.15) is 0 Å². The molecule has 1 heteroatoms. The fourth-order valence-corrected chi connectivity index (χ4v) is 4.57. The molecule has 0 bridgehead atoms. The number of aliphatic hydroxyl groups is 1. The molecule has 1 saturated carbocycles. The highest BCUT2D eigenvalue weighted by molar-refractivity contribution is 5.20. The molecule has 0 saturated heterocycles. The summed E-state index contributed by atoms with van der Waals surface area (Å²) in [5.74, 6) is 1.51. The Hall–Kier alpha value is -0.300. The third-order valence-electron chi connectivity index (χ3n) is 6.24. The van der Waals surface area contributed by atoms with E-state index in [0.717, 1.165) is 18.3 Å². The number of hydrogen-bond acceptors (Lipinski definition) is 1. The summed E-state index contributed by atoms with van der Waals surface area (Å²) >= 11 is 0. The highest BCUT2D eigenvalue weighted by atomic mass is 16.3. The van der Waals surface area contributed by atoms with Gasteiger partial charge in [-0.05, 0) is 61.7 Å². The topological polar surface area (TPSA) is 20.2 Å². The predicted octanol–water partition coefficient (Wildman–Crippen LogP) is 4.17. The number of allylic oxidation sites excluding steroid dienone is 2. The average Bonchev–Trinajstić information content (AvgIpc) is 2.28. The van der Waals surface area contributed by atoms with Crippen LogP contribution in [-0.2, 0) is 0 Å². The minimum atomic E-state index is 0.331. The Morgan fingerprint density at radius 1 is 1.35 bits per heavy atom. The second-order valence-electron chi connectivity index (χ2n) is 6.85. The van der Waals surface area contributed by atoms with Crippen LogP contribution in [0.5, 0.6) is 0 Å². The summed E-state index contributed by atoms with van der Waals surface area (Å²) in [6.07, 6.45) is 8.62. The number of fused-ring (bicyclic) bond motifs is 1. The predicted molar refractivity (Wildman–Crippen MR) is 72.8 cm³/mol. The molecule has 1 fully saturated rings. The molecule has 0 radical (unpaired) electrons. The maximum absolute atomic E-state index is 9.43. The summed E-state index contributed by atoms with van der Waals surface area (Å²) < 4.78 is 0. The molecule has 98 valence electrons. The van der Waals surface area contributed by atoms with Crippen LogP contribution in [0.1, 0.15) is 59.8 Å². The molecular formula is C16H28O. The van der Waals surface area contributed by atoms with Crippen LogP contribution in [0.3, 0.4) is 0 Å². The smallest absolute Gasteiger partial charge is 0.0436 e. The molecule has 2 aliphatic rings. The van der Waals surface area contributed by atoms with Gasteiger partial charge >= 0.3 is 0 Å². The van der Waals surface area contributed by atoms with Crippen molar-refractivity contribution in [2.75, 3.05) is 6.61 Å². The fourth-order valence-electron chi connectivity index (χ4n) is 4.57. The van der Waals surface area contributed by atoms with Crippen LogP contribution in [-0.4, -0.2) is 11.7 Å². The summed E-state index contributed by atoms with van der Waals surface area (Å²) in [6.45, 7) is 9.94. The first-order valence-electron chi connectivity index (χ1n) is 7.23. The SMILES string of the molecule is CC1=CCC[C@H]2[C@](C)(CCO)[C@@H](C)CC[C@]12C. The summed E-state index contributed by atoms with van der Waals surface area (Å²) in [5.41, 5.74) is 2.33. The standard InChI is InChI=1S/C16H28O/c1-12-6-5-7-14-15(12,3)9-8-13(2)16(14,4)10-11-17/h6,13-14,17H,5,7-11H2,1-4H3/t13-,14+,15+,16+/m0/s1. The number of aliphatic hydroxyl groups excluding tert-OH is 1. The Morgan fingerprint density at radius 3 is 2.71 bits per heavy atom. The molecule has 1 N–H and O–H groups in total. The van der Waals surface area contributed by atoms with Gasteiger partial charge in [0.2, 0.25) is 0 Å². The van der Waals surface area contributed by atoms with Gasteiger partial charge in [0.1, 0.15) is 0 Å². The van der Waals surface area contributed by atoms with Crippen molar-refractivity contribution in [1.82, 2.24) is 0 Å². The Kier molecular flexibility index (Phi) is 3.42. The molecule has 1 nitrogen and oxygen atoms in total. The van der Waals surface area contributed by atoms with E-state index in [0.29, 0.717) is 17.4 Å². The van der Waals surface area contributed by atoms with Gasteiger partial charge < -0.3 is 5.11 Å². The Morgan fingerprint density at radius 2 is 2.06 bits per heavy atom. The molecule has 0 spiro atoms. The lowest BCUT2D eigenvalue weighted by atomic mass is 9.47. The maximum atomic E-state index is 9.43. The van der Waals surface area contributed by atoms with Crippen LogP contribution in [0.25, 0.3) is 0 Å². The summed E-state index contributed by atoms with van der Waals surface area (Å²) in [5, 5.41) is 9.43. The van der Waals surface area contributed by atoms with E-state index in [2.05, 4.69) is 33.8 Å². The molecule has 0 aliphatic heterocycles. The van der Waals surface area contributed by atoms with Gasteiger partial charge in [0.25, 0.3) is 0 Å². The van der Waals surface area contributed by atoms with Gasteiger partial charge in [-0.1, -0.05) is 32.4 Å². The first-order valence-corrected chi connectivity index (χ1v) is 7.23. The van der Waals surface area contributed by atoms with Crippen molar-refractivity contribution >= 4 is 0 Å². The summed E-state index contributed by atoms with van der Waals surface area (Å²) in [6, 6.07) is 0. The fraction of sp³-hybridized carbons (Fsp3) is 0.875. The summed E-state index contributed by atoms with van der Waals surface area (Å²) in [7, 11) is 0. The Bertz CT molecular complexity index is 319. The van der Waals surface area contributed by atoms with Crippen LogP contribution in [0.2, 0.25) is 0 Å². The lowest BCUT2D eigenvalue weighted by Crippen LogP contribution is -2.50. The highest BCUT2D eigenvalue weighted by Gasteiger charge is 2.52. The van der Waals surface area contributed by atoms with Crippen molar-refractivity contribution < 1.29 is 5.11 Å². The van der Waals surface area contributed by atoms with Gasteiger partial charge in [-0.15, -0.1) is 0 Å². The molecule has 0 aromatic heterocycles. The first-order chi connectivity index (χ1) is 7.95. The molecule has 0 amide bonds. The average molecular weight is 236 g/mol. The monoisotopic (exact) mass is 236 g/mol. The molecule has 0 aromatic carbocycles. The van der Waals surface area contributed by atoms with E-state index in [-0.39, 0.29) is 0 Å². The molecule has 2 rings (SSSR count). The van der Waals surface area contributed by atoms with Crippen LogP contribution in [0, 0.1) is 22.7 Å². The van der Waals surface area contributed by atoms with Crippen molar-refractivity contribution in [3.05, 3.63) is 11.6 Å². The number of hydrogen-bond donors (Lipinski definition) is 1. The number of rotatable bonds is 2. The molecular weight excluding hydrogens is 208 g/mol. The lowest BCUT2D eigenvalue weighted by Gasteiger charge is -2.58. The second-order valence-corrected chi connectivity index (χ2v) is 6.85. The quantitative estimate of drug-likeness (QED) is 0.714. The largest absolute Gasteiger partial charge is 0.396 e. The van der Waals surface area contributed by atoms with Gasteiger partial charge in [-0.25, -0.2) is 0 Å². The van der Waals surface area contributed by atoms with E-state index < -0.39 is 0 Å². The molecule has 0 aromatic rings. The van der Waals surface area contributed by atoms with E-state index >= 15 is 0 Å². The van der Waals surface area contributed by atoms with Gasteiger partial charge in [0.05, 0.1) is 0 Å². The van der Waals surface area contributed by atoms with Crippen molar-refractivity contribution in [3.8, 4) is 0 Å². The zero-order valence-corrected chi connectivity index (χ0v) is 11.9. The van der Waals surface area contributed by atoms with E-state index in [9.17, 15) is 5.11 Å². The molecule has 0 unspecified atom stereocenters. The highest BCUT2D eigenvalue weighted by Crippen LogP contribution is 2.61. The van der Waals surface area contributed by atoms with Crippen molar-refractivity contribution in [3.63, 3.8) is 0 Å². The maximum Gasteiger partial charge on any atom is 0.0436 e. The van der Waals surface area contributed by atoms with E-state index in [1.807, 2.05) is 0 Å². The van der Waals surface area contributed by atoms with Crippen molar-refractivity contribution in [1.29, 1.82) is 0 Å². The third kappa shape index (κ3) is 1.87. The third-order valence-corrected chi connectivity index (χ3v) is 6.24. The molecule has 2 aliphatic carbocycles. The lowest BCUT2D eigenvalue weighted by molar-refractivity contribution is -0.0548. The first kappa shape index (κ1) is 13.1. The minimum Gasteiger partial charge on any atom is -0.396 e. The normalized spacial score (nSPS) is 46.3. The molecule has 4 atom stereocenters. The molecule has 0 heterocycles. The Labute approximate surface area is 106 Å². The van der Waals surface area contributed by atoms with Crippen LogP contribution in [0.15, 0.2) is 11.6 Å².